The minimum absolute atomic E-state index is 0.276. The van der Waals surface area contributed by atoms with Crippen LogP contribution in [-0.2, 0) is 13.1 Å². The van der Waals surface area contributed by atoms with Crippen LogP contribution in [0.1, 0.15) is 31.8 Å². The molecule has 4 aromatic rings. The normalized spacial score (nSPS) is 10.3. The predicted octanol–water partition coefficient (Wildman–Crippen LogP) is 5.44. The maximum Gasteiger partial charge on any atom is 0.257 e. The summed E-state index contributed by atoms with van der Waals surface area (Å²) in [5.41, 5.74) is 2.96. The van der Waals surface area contributed by atoms with Gasteiger partial charge in [-0.3, -0.25) is 20.2 Å². The smallest absolute Gasteiger partial charge is 0.257 e. The summed E-state index contributed by atoms with van der Waals surface area (Å²) >= 11 is 11.5. The fraction of sp³-hybridized carbons (Fsp3) is 0.176. The summed E-state index contributed by atoms with van der Waals surface area (Å²) in [5, 5.41) is 6.29. The summed E-state index contributed by atoms with van der Waals surface area (Å²) < 4.78 is 10.6. The number of methoxy groups -OCH3 is 2. The zero-order chi connectivity index (χ0) is 31.3. The summed E-state index contributed by atoms with van der Waals surface area (Å²) in [6, 6.07) is 33.1. The second-order valence-corrected chi connectivity index (χ2v) is 10.6. The van der Waals surface area contributed by atoms with E-state index >= 15 is 0 Å². The maximum atomic E-state index is 13.0. The van der Waals surface area contributed by atoms with Gasteiger partial charge in [-0.15, -0.1) is 0 Å². The number of carbonyl (C=O) groups excluding carboxylic acids is 2. The van der Waals surface area contributed by atoms with Crippen molar-refractivity contribution in [3.8, 4) is 11.5 Å². The molecule has 226 valence electrons. The van der Waals surface area contributed by atoms with Crippen LogP contribution in [0.2, 0.25) is 0 Å². The van der Waals surface area contributed by atoms with E-state index in [0.29, 0.717) is 37.3 Å². The van der Waals surface area contributed by atoms with Crippen LogP contribution in [0.25, 0.3) is 0 Å². The van der Waals surface area contributed by atoms with Gasteiger partial charge in [-0.2, -0.15) is 0 Å². The fourth-order valence-electron chi connectivity index (χ4n) is 4.32. The minimum atomic E-state index is -0.295. The van der Waals surface area contributed by atoms with Crippen LogP contribution in [0.3, 0.4) is 0 Å². The molecule has 0 aliphatic carbocycles. The van der Waals surface area contributed by atoms with E-state index in [0.717, 1.165) is 22.6 Å². The van der Waals surface area contributed by atoms with E-state index in [1.165, 1.54) is 0 Å². The molecule has 0 aliphatic rings. The van der Waals surface area contributed by atoms with Crippen molar-refractivity contribution in [3.05, 3.63) is 131 Å². The Balaban J connectivity index is 1.54. The third-order valence-electron chi connectivity index (χ3n) is 6.79. The van der Waals surface area contributed by atoms with E-state index in [-0.39, 0.29) is 22.0 Å². The van der Waals surface area contributed by atoms with Crippen LogP contribution >= 0.6 is 24.4 Å². The summed E-state index contributed by atoms with van der Waals surface area (Å²) in [5.74, 6) is 0.892. The van der Waals surface area contributed by atoms with E-state index in [1.54, 1.807) is 62.8 Å². The van der Waals surface area contributed by atoms with Gasteiger partial charge >= 0.3 is 0 Å². The molecule has 4 aromatic carbocycles. The fourth-order valence-corrected chi connectivity index (χ4v) is 4.82. The van der Waals surface area contributed by atoms with Crippen LogP contribution in [0.4, 0.5) is 0 Å². The lowest BCUT2D eigenvalue weighted by Crippen LogP contribution is -2.48. The molecular formula is C34H34N4O4S2. The molecule has 0 saturated heterocycles. The van der Waals surface area contributed by atoms with Gasteiger partial charge in [-0.1, -0.05) is 60.7 Å². The number of nitrogens with one attached hydrogen (secondary N) is 2. The number of benzene rings is 4. The highest BCUT2D eigenvalue weighted by Crippen LogP contribution is 2.16. The number of ether oxygens (including phenoxy) is 2. The average Bonchev–Trinajstić information content (AvgIpc) is 3.07. The van der Waals surface area contributed by atoms with Crippen molar-refractivity contribution in [3.63, 3.8) is 0 Å². The largest absolute Gasteiger partial charge is 0.497 e. The monoisotopic (exact) mass is 626 g/mol. The molecule has 2 N–H and O–H groups in total. The zero-order valence-electron chi connectivity index (χ0n) is 24.6. The molecule has 0 aliphatic heterocycles. The first kappa shape index (κ1) is 32.1. The lowest BCUT2D eigenvalue weighted by atomic mass is 10.2. The SMILES string of the molecule is COc1ccc(CN(CCN(Cc2ccc(OC)cc2)C(=S)NC(=O)c2ccccc2)C(=S)NC(=O)c2ccccc2)cc1. The quantitative estimate of drug-likeness (QED) is 0.213. The Labute approximate surface area is 268 Å². The Hall–Kier alpha value is -4.80. The minimum Gasteiger partial charge on any atom is -0.497 e. The van der Waals surface area contributed by atoms with E-state index in [2.05, 4.69) is 10.6 Å². The number of thiocarbonyl (C=S) groups is 2. The highest BCUT2D eigenvalue weighted by atomic mass is 32.1. The standard InChI is InChI=1S/C34H34N4O4S2/c1-41-29-17-13-25(14-18-29)23-37(33(43)35-31(39)27-9-5-3-6-10-27)21-22-38(24-26-15-19-30(42-2)20-16-26)34(44)36-32(40)28-11-7-4-8-12-28/h3-20H,21-24H2,1-2H3,(H,35,39,43)(H,36,40,44). The van der Waals surface area contributed by atoms with Gasteiger partial charge in [0.15, 0.2) is 10.2 Å². The van der Waals surface area contributed by atoms with Crippen LogP contribution < -0.4 is 20.1 Å². The molecular weight excluding hydrogens is 593 g/mol. The van der Waals surface area contributed by atoms with Crippen LogP contribution in [-0.4, -0.2) is 59.1 Å². The summed E-state index contributed by atoms with van der Waals surface area (Å²) in [7, 11) is 3.23. The van der Waals surface area contributed by atoms with Crippen molar-refractivity contribution >= 4 is 46.5 Å². The number of carbonyl (C=O) groups is 2. The average molecular weight is 627 g/mol. The Morgan fingerprint density at radius 2 is 0.909 bits per heavy atom. The van der Waals surface area contributed by atoms with Gasteiger partial charge in [0.1, 0.15) is 11.5 Å². The summed E-state index contributed by atoms with van der Waals surface area (Å²) in [6.45, 7) is 1.66. The molecule has 2 amide bonds. The van der Waals surface area contributed by atoms with Crippen molar-refractivity contribution < 1.29 is 19.1 Å². The van der Waals surface area contributed by atoms with Crippen LogP contribution in [0.15, 0.2) is 109 Å². The lowest BCUT2D eigenvalue weighted by molar-refractivity contribution is 0.0962. The van der Waals surface area contributed by atoms with Crippen molar-refractivity contribution in [2.45, 2.75) is 13.1 Å². The van der Waals surface area contributed by atoms with Crippen molar-refractivity contribution in [1.82, 2.24) is 20.4 Å². The van der Waals surface area contributed by atoms with Gasteiger partial charge in [0, 0.05) is 37.3 Å². The molecule has 0 saturated carbocycles. The van der Waals surface area contributed by atoms with Crippen molar-refractivity contribution in [2.75, 3.05) is 27.3 Å². The number of hydrogen-bond donors (Lipinski definition) is 2. The topological polar surface area (TPSA) is 83.1 Å². The third kappa shape index (κ3) is 9.35. The zero-order valence-corrected chi connectivity index (χ0v) is 26.2. The van der Waals surface area contributed by atoms with Crippen molar-refractivity contribution in [1.29, 1.82) is 0 Å². The molecule has 0 aromatic heterocycles. The van der Waals surface area contributed by atoms with Crippen LogP contribution in [0.5, 0.6) is 11.5 Å². The Kier molecular flexibility index (Phi) is 11.8. The molecule has 0 unspecified atom stereocenters. The van der Waals surface area contributed by atoms with E-state index in [4.69, 9.17) is 33.9 Å². The number of hydrogen-bond acceptors (Lipinski definition) is 6. The molecule has 8 nitrogen and oxygen atoms in total. The van der Waals surface area contributed by atoms with Crippen LogP contribution in [0, 0.1) is 0 Å². The highest BCUT2D eigenvalue weighted by molar-refractivity contribution is 7.80. The van der Waals surface area contributed by atoms with E-state index in [1.807, 2.05) is 70.5 Å². The molecule has 0 heterocycles. The second kappa shape index (κ2) is 16.2. The third-order valence-corrected chi connectivity index (χ3v) is 7.51. The molecule has 10 heteroatoms. The van der Waals surface area contributed by atoms with Gasteiger partial charge < -0.3 is 19.3 Å². The van der Waals surface area contributed by atoms with Crippen molar-refractivity contribution in [2.24, 2.45) is 0 Å². The van der Waals surface area contributed by atoms with Gasteiger partial charge in [0.2, 0.25) is 0 Å². The number of rotatable bonds is 11. The summed E-state index contributed by atoms with van der Waals surface area (Å²) in [4.78, 5) is 29.7. The molecule has 0 atom stereocenters. The number of nitrogens with zero attached hydrogens (tertiary/aromatic N) is 2. The van der Waals surface area contributed by atoms with E-state index in [9.17, 15) is 9.59 Å². The Bertz CT molecular complexity index is 1430. The van der Waals surface area contributed by atoms with Gasteiger partial charge in [-0.25, -0.2) is 0 Å². The molecule has 44 heavy (non-hydrogen) atoms. The maximum absolute atomic E-state index is 13.0. The number of amides is 2. The van der Waals surface area contributed by atoms with Gasteiger partial charge in [0.05, 0.1) is 14.2 Å². The lowest BCUT2D eigenvalue weighted by Gasteiger charge is -2.31. The van der Waals surface area contributed by atoms with Gasteiger partial charge in [0.25, 0.3) is 11.8 Å². The molecule has 0 bridgehead atoms. The molecule has 4 rings (SSSR count). The van der Waals surface area contributed by atoms with Gasteiger partial charge in [-0.05, 0) is 84.1 Å². The molecule has 0 fully saturated rings. The Morgan fingerprint density at radius 1 is 0.568 bits per heavy atom. The Morgan fingerprint density at radius 3 is 1.23 bits per heavy atom. The summed E-state index contributed by atoms with van der Waals surface area (Å²) in [6.07, 6.45) is 0. The van der Waals surface area contributed by atoms with E-state index < -0.39 is 0 Å². The molecule has 0 radical (unpaired) electrons. The highest BCUT2D eigenvalue weighted by Gasteiger charge is 2.19. The first-order chi connectivity index (χ1) is 21.4. The first-order valence-electron chi connectivity index (χ1n) is 13.9. The first-order valence-corrected chi connectivity index (χ1v) is 14.7. The predicted molar refractivity (Wildman–Crippen MR) is 180 cm³/mol. The molecule has 0 spiro atoms. The second-order valence-electron chi connectivity index (χ2n) is 9.79.